The maximum atomic E-state index is 13.9. The molecule has 4 rings (SSSR count). The molecule has 3 saturated heterocycles. The van der Waals surface area contributed by atoms with Crippen LogP contribution in [0.3, 0.4) is 0 Å². The predicted octanol–water partition coefficient (Wildman–Crippen LogP) is 2.14. The van der Waals surface area contributed by atoms with Crippen LogP contribution >= 0.6 is 0 Å². The summed E-state index contributed by atoms with van der Waals surface area (Å²) in [6.07, 6.45) is -4.37. The van der Waals surface area contributed by atoms with Gasteiger partial charge >= 0.3 is 12.1 Å². The molecule has 0 aromatic heterocycles. The normalized spacial score (nSPS) is 28.7. The number of nitrogens with zero attached hydrogens (tertiary/aromatic N) is 1. The quantitative estimate of drug-likeness (QED) is 0.413. The number of nitrogens with one attached hydrogen (secondary N) is 1. The maximum absolute atomic E-state index is 13.9. The Labute approximate surface area is 239 Å². The lowest BCUT2D eigenvalue weighted by atomic mass is 9.98. The van der Waals surface area contributed by atoms with Crippen LogP contribution in [0.25, 0.3) is 0 Å². The highest BCUT2D eigenvalue weighted by atomic mass is 16.9. The summed E-state index contributed by atoms with van der Waals surface area (Å²) in [5.74, 6) is -3.82. The molecule has 2 amide bonds. The second kappa shape index (κ2) is 11.4. The van der Waals surface area contributed by atoms with Crippen LogP contribution in [0, 0.1) is 0 Å². The van der Waals surface area contributed by atoms with Crippen LogP contribution in [-0.2, 0) is 44.4 Å². The van der Waals surface area contributed by atoms with Gasteiger partial charge in [-0.25, -0.2) is 4.79 Å². The smallest absolute Gasteiger partial charge is 0.408 e. The number of hydrogen-bond donors (Lipinski definition) is 3. The van der Waals surface area contributed by atoms with E-state index in [9.17, 15) is 24.6 Å². The number of carboxylic acid groups (broad SMARTS) is 1. The molecule has 6 atom stereocenters. The van der Waals surface area contributed by atoms with Gasteiger partial charge in [0.15, 0.2) is 17.9 Å². The van der Waals surface area contributed by atoms with Crippen molar-refractivity contribution in [2.75, 3.05) is 13.1 Å². The molecular weight excluding hydrogens is 540 g/mol. The minimum absolute atomic E-state index is 0.00847. The first-order valence-corrected chi connectivity index (χ1v) is 13.6. The van der Waals surface area contributed by atoms with Gasteiger partial charge in [0.2, 0.25) is 5.91 Å². The average Bonchev–Trinajstić information content (AvgIpc) is 3.31. The molecule has 0 saturated carbocycles. The van der Waals surface area contributed by atoms with Gasteiger partial charge < -0.3 is 48.9 Å². The molecule has 13 nitrogen and oxygen atoms in total. The monoisotopic (exact) mass is 580 g/mol. The van der Waals surface area contributed by atoms with E-state index in [1.807, 2.05) is 0 Å². The number of fused-ring (bicyclic) bond motifs is 3. The fourth-order valence-electron chi connectivity index (χ4n) is 5.19. The number of carbonyl (C=O) groups excluding carboxylic acids is 2. The molecule has 13 heteroatoms. The third-order valence-electron chi connectivity index (χ3n) is 6.65. The number of phenols is 1. The van der Waals surface area contributed by atoms with Crippen molar-refractivity contribution >= 4 is 18.0 Å². The molecule has 0 radical (unpaired) electrons. The molecule has 3 aliphatic rings. The third-order valence-corrected chi connectivity index (χ3v) is 6.65. The standard InChI is InChI=1S/C28H40N2O11/c1-26(2,3)41-25(35)29-17(12-15-8-10-16(31)11-9-15)23(34)30(14-19(32)33)13-18-20-21(38-27(4,5)37-20)22-24(36-18)40-28(6,7)39-22/h8-11,17-18,20-22,24,31H,12-14H2,1-7H3,(H,29,35)(H,32,33)/t17-,18+,20-,21-,22+,24+/m0/s1. The van der Waals surface area contributed by atoms with E-state index in [-0.39, 0.29) is 18.7 Å². The minimum Gasteiger partial charge on any atom is -0.508 e. The van der Waals surface area contributed by atoms with E-state index in [0.29, 0.717) is 5.56 Å². The summed E-state index contributed by atoms with van der Waals surface area (Å²) in [5, 5.41) is 22.0. The molecule has 0 aliphatic carbocycles. The molecule has 228 valence electrons. The van der Waals surface area contributed by atoms with Crippen LogP contribution in [0.1, 0.15) is 54.0 Å². The summed E-state index contributed by atoms with van der Waals surface area (Å²) in [7, 11) is 0. The first kappa shape index (κ1) is 31.0. The Bertz CT molecular complexity index is 1130. The number of aromatic hydroxyl groups is 1. The zero-order valence-corrected chi connectivity index (χ0v) is 24.4. The lowest BCUT2D eigenvalue weighted by Crippen LogP contribution is -2.60. The largest absolute Gasteiger partial charge is 0.508 e. The van der Waals surface area contributed by atoms with E-state index in [0.717, 1.165) is 4.90 Å². The second-order valence-electron chi connectivity index (χ2n) is 12.4. The molecule has 41 heavy (non-hydrogen) atoms. The van der Waals surface area contributed by atoms with E-state index in [4.69, 9.17) is 28.4 Å². The van der Waals surface area contributed by atoms with Gasteiger partial charge in [0.25, 0.3) is 0 Å². The zero-order chi connectivity index (χ0) is 30.3. The summed E-state index contributed by atoms with van der Waals surface area (Å²) in [5.41, 5.74) is -0.209. The summed E-state index contributed by atoms with van der Waals surface area (Å²) in [6, 6.07) is 4.93. The first-order valence-electron chi connectivity index (χ1n) is 13.6. The molecule has 3 heterocycles. The number of carbonyl (C=O) groups is 3. The van der Waals surface area contributed by atoms with E-state index >= 15 is 0 Å². The van der Waals surface area contributed by atoms with Gasteiger partial charge in [-0.3, -0.25) is 9.59 Å². The number of aliphatic carboxylic acids is 1. The average molecular weight is 581 g/mol. The summed E-state index contributed by atoms with van der Waals surface area (Å²) in [4.78, 5) is 39.6. The zero-order valence-electron chi connectivity index (χ0n) is 24.4. The minimum atomic E-state index is -1.25. The topological polar surface area (TPSA) is 162 Å². The highest BCUT2D eigenvalue weighted by Crippen LogP contribution is 2.44. The number of carboxylic acids is 1. The molecule has 3 aliphatic heterocycles. The highest BCUT2D eigenvalue weighted by molar-refractivity contribution is 5.88. The van der Waals surface area contributed by atoms with Gasteiger partial charge in [-0.05, 0) is 66.2 Å². The Hall–Kier alpha value is -2.97. The van der Waals surface area contributed by atoms with Crippen molar-refractivity contribution in [2.45, 2.75) is 109 Å². The van der Waals surface area contributed by atoms with E-state index < -0.39 is 78.4 Å². The van der Waals surface area contributed by atoms with Crippen LogP contribution in [0.4, 0.5) is 4.79 Å². The third kappa shape index (κ3) is 7.86. The first-order chi connectivity index (χ1) is 18.9. The summed E-state index contributed by atoms with van der Waals surface area (Å²) in [6.45, 7) is 11.2. The molecule has 1 aromatic carbocycles. The van der Waals surface area contributed by atoms with E-state index in [2.05, 4.69) is 5.32 Å². The lowest BCUT2D eigenvalue weighted by Gasteiger charge is -2.39. The van der Waals surface area contributed by atoms with Crippen molar-refractivity contribution < 1.29 is 53.0 Å². The molecule has 0 unspecified atom stereocenters. The Balaban J connectivity index is 1.60. The Morgan fingerprint density at radius 2 is 1.56 bits per heavy atom. The van der Waals surface area contributed by atoms with Gasteiger partial charge in [0.1, 0.15) is 48.4 Å². The van der Waals surface area contributed by atoms with Gasteiger partial charge in [0, 0.05) is 6.42 Å². The number of amides is 2. The van der Waals surface area contributed by atoms with Crippen molar-refractivity contribution in [1.29, 1.82) is 0 Å². The van der Waals surface area contributed by atoms with Crippen LogP contribution in [0.15, 0.2) is 24.3 Å². The number of hydrogen-bond acceptors (Lipinski definition) is 10. The highest BCUT2D eigenvalue weighted by Gasteiger charge is 2.61. The fraction of sp³-hybridized carbons (Fsp3) is 0.679. The van der Waals surface area contributed by atoms with Crippen molar-refractivity contribution in [1.82, 2.24) is 10.2 Å². The summed E-state index contributed by atoms with van der Waals surface area (Å²) < 4.78 is 35.8. The maximum Gasteiger partial charge on any atom is 0.408 e. The Kier molecular flexibility index (Phi) is 8.59. The van der Waals surface area contributed by atoms with Crippen LogP contribution in [0.5, 0.6) is 5.75 Å². The van der Waals surface area contributed by atoms with E-state index in [1.54, 1.807) is 60.6 Å². The Morgan fingerprint density at radius 3 is 2.17 bits per heavy atom. The fourth-order valence-corrected chi connectivity index (χ4v) is 5.19. The van der Waals surface area contributed by atoms with Crippen molar-refractivity contribution in [3.63, 3.8) is 0 Å². The van der Waals surface area contributed by atoms with Crippen molar-refractivity contribution in [3.05, 3.63) is 29.8 Å². The molecule has 3 N–H and O–H groups in total. The van der Waals surface area contributed by atoms with Gasteiger partial charge in [-0.2, -0.15) is 0 Å². The van der Waals surface area contributed by atoms with Gasteiger partial charge in [0.05, 0.1) is 6.54 Å². The molecule has 0 spiro atoms. The van der Waals surface area contributed by atoms with Crippen molar-refractivity contribution in [3.8, 4) is 5.75 Å². The van der Waals surface area contributed by atoms with Crippen molar-refractivity contribution in [2.24, 2.45) is 0 Å². The lowest BCUT2D eigenvalue weighted by molar-refractivity contribution is -0.236. The van der Waals surface area contributed by atoms with Gasteiger partial charge in [-0.15, -0.1) is 0 Å². The SMILES string of the molecule is CC(C)(C)OC(=O)N[C@@H](Cc1ccc(O)cc1)C(=O)N(CC(=O)O)C[C@H]1O[C@@H]2OC(C)(C)O[C@@H]2[C@H]2OC(C)(C)O[C@H]21. The van der Waals surface area contributed by atoms with Gasteiger partial charge in [-0.1, -0.05) is 12.1 Å². The Morgan fingerprint density at radius 1 is 0.976 bits per heavy atom. The molecular formula is C28H40N2O11. The number of phenolic OH excluding ortho intramolecular Hbond substituents is 1. The predicted molar refractivity (Wildman–Crippen MR) is 142 cm³/mol. The summed E-state index contributed by atoms with van der Waals surface area (Å²) >= 11 is 0. The van der Waals surface area contributed by atoms with Crippen LogP contribution in [0.2, 0.25) is 0 Å². The van der Waals surface area contributed by atoms with E-state index in [1.165, 1.54) is 12.1 Å². The number of alkyl carbamates (subject to hydrolysis) is 1. The second-order valence-corrected chi connectivity index (χ2v) is 12.4. The van der Waals surface area contributed by atoms with Crippen LogP contribution < -0.4 is 5.32 Å². The number of benzene rings is 1. The number of ether oxygens (including phenoxy) is 6. The molecule has 1 aromatic rings. The molecule has 0 bridgehead atoms. The molecule has 3 fully saturated rings. The number of rotatable bonds is 8. The van der Waals surface area contributed by atoms with Crippen LogP contribution in [-0.4, -0.2) is 100 Å².